The van der Waals surface area contributed by atoms with Crippen molar-refractivity contribution in [2.45, 2.75) is 19.4 Å². The predicted octanol–water partition coefficient (Wildman–Crippen LogP) is 3.55. The summed E-state index contributed by atoms with van der Waals surface area (Å²) in [4.78, 5) is 11.0. The molecule has 1 atom stereocenters. The fraction of sp³-hybridized carbons (Fsp3) is 0.364. The van der Waals surface area contributed by atoms with Crippen LogP contribution in [-0.4, -0.2) is 17.7 Å². The molecular formula is C11H12Cl2O3. The quantitative estimate of drug-likeness (QED) is 0.883. The molecule has 0 spiro atoms. The van der Waals surface area contributed by atoms with Crippen LogP contribution >= 0.6 is 23.2 Å². The molecule has 0 aliphatic heterocycles. The summed E-state index contributed by atoms with van der Waals surface area (Å²) >= 11 is 11.8. The van der Waals surface area contributed by atoms with Gasteiger partial charge in [-0.25, -0.2) is 4.79 Å². The van der Waals surface area contributed by atoms with Crippen LogP contribution in [0, 0.1) is 0 Å². The lowest BCUT2D eigenvalue weighted by atomic mass is 10.1. The Morgan fingerprint density at radius 2 is 2.19 bits per heavy atom. The SMILES string of the molecule is CCCOC(C(=O)O)c1cccc(Cl)c1Cl. The zero-order valence-corrected chi connectivity index (χ0v) is 10.3. The molecule has 1 rings (SSSR count). The molecule has 88 valence electrons. The number of carbonyl (C=O) groups is 1. The highest BCUT2D eigenvalue weighted by Crippen LogP contribution is 2.31. The zero-order chi connectivity index (χ0) is 12.1. The van der Waals surface area contributed by atoms with Crippen molar-refractivity contribution < 1.29 is 14.6 Å². The van der Waals surface area contributed by atoms with E-state index in [9.17, 15) is 4.79 Å². The van der Waals surface area contributed by atoms with Gasteiger partial charge in [0.1, 0.15) is 0 Å². The number of aliphatic carboxylic acids is 1. The number of ether oxygens (including phenoxy) is 1. The van der Waals surface area contributed by atoms with Crippen LogP contribution in [-0.2, 0) is 9.53 Å². The first-order valence-electron chi connectivity index (χ1n) is 4.86. The Hall–Kier alpha value is -0.770. The van der Waals surface area contributed by atoms with Crippen LogP contribution in [0.2, 0.25) is 10.0 Å². The summed E-state index contributed by atoms with van der Waals surface area (Å²) in [6, 6.07) is 4.85. The van der Waals surface area contributed by atoms with E-state index in [-0.39, 0.29) is 5.02 Å². The normalized spacial score (nSPS) is 12.4. The van der Waals surface area contributed by atoms with Gasteiger partial charge >= 0.3 is 5.97 Å². The lowest BCUT2D eigenvalue weighted by Gasteiger charge is -2.15. The van der Waals surface area contributed by atoms with Crippen molar-refractivity contribution >= 4 is 29.2 Å². The first-order valence-corrected chi connectivity index (χ1v) is 5.61. The Morgan fingerprint density at radius 3 is 2.75 bits per heavy atom. The minimum absolute atomic E-state index is 0.229. The van der Waals surface area contributed by atoms with Crippen LogP contribution in [0.4, 0.5) is 0 Å². The third kappa shape index (κ3) is 3.11. The van der Waals surface area contributed by atoms with Gasteiger partial charge in [-0.3, -0.25) is 0 Å². The zero-order valence-electron chi connectivity index (χ0n) is 8.74. The summed E-state index contributed by atoms with van der Waals surface area (Å²) in [5.41, 5.74) is 0.384. The van der Waals surface area contributed by atoms with Crippen LogP contribution in [0.3, 0.4) is 0 Å². The molecule has 3 nitrogen and oxygen atoms in total. The standard InChI is InChI=1S/C11H12Cl2O3/c1-2-6-16-10(11(14)15)7-4-3-5-8(12)9(7)13/h3-5,10H,2,6H2,1H3,(H,14,15). The van der Waals surface area contributed by atoms with Gasteiger partial charge in [-0.15, -0.1) is 0 Å². The van der Waals surface area contributed by atoms with Gasteiger partial charge < -0.3 is 9.84 Å². The van der Waals surface area contributed by atoms with E-state index in [1.807, 2.05) is 6.92 Å². The fourth-order valence-electron chi connectivity index (χ4n) is 1.25. The van der Waals surface area contributed by atoms with Crippen molar-refractivity contribution in [1.29, 1.82) is 0 Å². The Labute approximate surface area is 104 Å². The second-order valence-corrected chi connectivity index (χ2v) is 4.02. The lowest BCUT2D eigenvalue weighted by Crippen LogP contribution is -2.16. The van der Waals surface area contributed by atoms with Gasteiger partial charge in [0, 0.05) is 12.2 Å². The molecule has 0 fully saturated rings. The summed E-state index contributed by atoms with van der Waals surface area (Å²) in [5, 5.41) is 9.60. The molecule has 1 unspecified atom stereocenters. The molecule has 5 heteroatoms. The van der Waals surface area contributed by atoms with Crippen molar-refractivity contribution in [2.24, 2.45) is 0 Å². The van der Waals surface area contributed by atoms with Gasteiger partial charge in [0.15, 0.2) is 6.10 Å². The van der Waals surface area contributed by atoms with Gasteiger partial charge in [-0.2, -0.15) is 0 Å². The first kappa shape index (κ1) is 13.3. The maximum Gasteiger partial charge on any atom is 0.337 e. The van der Waals surface area contributed by atoms with Crippen molar-refractivity contribution in [3.05, 3.63) is 33.8 Å². The number of carboxylic acids is 1. The molecule has 1 aromatic carbocycles. The summed E-state index contributed by atoms with van der Waals surface area (Å²) in [5.74, 6) is -1.07. The van der Waals surface area contributed by atoms with E-state index < -0.39 is 12.1 Å². The van der Waals surface area contributed by atoms with Gasteiger partial charge in [-0.05, 0) is 12.5 Å². The maximum atomic E-state index is 11.0. The molecule has 0 amide bonds. The minimum Gasteiger partial charge on any atom is -0.479 e. The number of hydrogen-bond donors (Lipinski definition) is 1. The summed E-state index contributed by atoms with van der Waals surface area (Å²) in [6.07, 6.45) is -0.326. The van der Waals surface area contributed by atoms with E-state index >= 15 is 0 Å². The van der Waals surface area contributed by atoms with E-state index in [2.05, 4.69) is 0 Å². The number of benzene rings is 1. The average molecular weight is 263 g/mol. The first-order chi connectivity index (χ1) is 7.57. The molecule has 16 heavy (non-hydrogen) atoms. The summed E-state index contributed by atoms with van der Waals surface area (Å²) in [7, 11) is 0. The maximum absolute atomic E-state index is 11.0. The van der Waals surface area contributed by atoms with E-state index in [1.165, 1.54) is 0 Å². The lowest BCUT2D eigenvalue weighted by molar-refractivity contribution is -0.150. The number of carboxylic acid groups (broad SMARTS) is 1. The molecule has 0 heterocycles. The topological polar surface area (TPSA) is 46.5 Å². The molecule has 0 aliphatic carbocycles. The van der Waals surface area contributed by atoms with E-state index in [1.54, 1.807) is 18.2 Å². The third-order valence-corrected chi connectivity index (χ3v) is 2.81. The minimum atomic E-state index is -1.07. The van der Waals surface area contributed by atoms with Crippen molar-refractivity contribution in [3.63, 3.8) is 0 Å². The van der Waals surface area contributed by atoms with Crippen LogP contribution < -0.4 is 0 Å². The molecule has 0 aliphatic rings. The van der Waals surface area contributed by atoms with E-state index in [0.717, 1.165) is 6.42 Å². The predicted molar refractivity (Wildman–Crippen MR) is 63.1 cm³/mol. The van der Waals surface area contributed by atoms with Crippen LogP contribution in [0.15, 0.2) is 18.2 Å². The number of hydrogen-bond acceptors (Lipinski definition) is 2. The molecule has 1 aromatic rings. The van der Waals surface area contributed by atoms with Crippen molar-refractivity contribution in [1.82, 2.24) is 0 Å². The third-order valence-electron chi connectivity index (χ3n) is 1.98. The second-order valence-electron chi connectivity index (χ2n) is 3.23. The van der Waals surface area contributed by atoms with Gasteiger partial charge in [0.05, 0.1) is 10.0 Å². The van der Waals surface area contributed by atoms with Crippen LogP contribution in [0.5, 0.6) is 0 Å². The van der Waals surface area contributed by atoms with Crippen LogP contribution in [0.25, 0.3) is 0 Å². The summed E-state index contributed by atoms with van der Waals surface area (Å²) in [6.45, 7) is 2.26. The number of rotatable bonds is 5. The number of halogens is 2. The van der Waals surface area contributed by atoms with E-state index in [0.29, 0.717) is 17.2 Å². The molecule has 0 saturated heterocycles. The van der Waals surface area contributed by atoms with Crippen molar-refractivity contribution in [2.75, 3.05) is 6.61 Å². The fourth-order valence-corrected chi connectivity index (χ4v) is 1.66. The summed E-state index contributed by atoms with van der Waals surface area (Å²) < 4.78 is 5.23. The smallest absolute Gasteiger partial charge is 0.337 e. The highest BCUT2D eigenvalue weighted by atomic mass is 35.5. The molecule has 0 bridgehead atoms. The van der Waals surface area contributed by atoms with Crippen molar-refractivity contribution in [3.8, 4) is 0 Å². The Morgan fingerprint density at radius 1 is 1.50 bits per heavy atom. The van der Waals surface area contributed by atoms with Gasteiger partial charge in [-0.1, -0.05) is 42.3 Å². The largest absolute Gasteiger partial charge is 0.479 e. The monoisotopic (exact) mass is 262 g/mol. The van der Waals surface area contributed by atoms with Gasteiger partial charge in [0.25, 0.3) is 0 Å². The van der Waals surface area contributed by atoms with Crippen LogP contribution in [0.1, 0.15) is 25.0 Å². The molecule has 0 aromatic heterocycles. The molecule has 1 N–H and O–H groups in total. The highest BCUT2D eigenvalue weighted by molar-refractivity contribution is 6.42. The Bertz CT molecular complexity index is 379. The average Bonchev–Trinajstić information content (AvgIpc) is 2.24. The van der Waals surface area contributed by atoms with E-state index in [4.69, 9.17) is 33.0 Å². The second kappa shape index (κ2) is 6.09. The Kier molecular flexibility index (Phi) is 5.06. The van der Waals surface area contributed by atoms with Gasteiger partial charge in [0.2, 0.25) is 0 Å². The molecule has 0 radical (unpaired) electrons. The molecule has 0 saturated carbocycles. The molecular weight excluding hydrogens is 251 g/mol. The highest BCUT2D eigenvalue weighted by Gasteiger charge is 2.23. The Balaban J connectivity index is 3.01.